The molecule has 1 heterocycles. The van der Waals surface area contributed by atoms with E-state index in [-0.39, 0.29) is 11.0 Å². The Morgan fingerprint density at radius 1 is 1.35 bits per heavy atom. The Labute approximate surface area is 111 Å². The SMILES string of the molecule is CCOc1ccc(C(=O)C2CSCCS2)cc1. The lowest BCUT2D eigenvalue weighted by Gasteiger charge is -2.19. The molecule has 1 aliphatic heterocycles. The molecule has 1 aromatic carbocycles. The Kier molecular flexibility index (Phi) is 4.80. The molecule has 0 aliphatic carbocycles. The Bertz CT molecular complexity index is 370. The standard InChI is InChI=1S/C13H16O2S2/c1-2-15-11-5-3-10(4-6-11)13(14)12-9-16-7-8-17-12/h3-6,12H,2,7-9H2,1H3. The van der Waals surface area contributed by atoms with Gasteiger partial charge in [-0.15, -0.1) is 11.8 Å². The van der Waals surface area contributed by atoms with Crippen LogP contribution in [0.5, 0.6) is 5.75 Å². The van der Waals surface area contributed by atoms with E-state index >= 15 is 0 Å². The van der Waals surface area contributed by atoms with Crippen molar-refractivity contribution < 1.29 is 9.53 Å². The summed E-state index contributed by atoms with van der Waals surface area (Å²) in [7, 11) is 0. The second-order valence-corrected chi connectivity index (χ2v) is 6.22. The van der Waals surface area contributed by atoms with E-state index in [0.717, 1.165) is 28.6 Å². The lowest BCUT2D eigenvalue weighted by atomic mass is 10.1. The molecule has 4 heteroatoms. The van der Waals surface area contributed by atoms with Crippen molar-refractivity contribution in [3.63, 3.8) is 0 Å². The molecular weight excluding hydrogens is 252 g/mol. The van der Waals surface area contributed by atoms with Crippen molar-refractivity contribution >= 4 is 29.3 Å². The fraction of sp³-hybridized carbons (Fsp3) is 0.462. The normalized spacial score (nSPS) is 19.9. The molecule has 1 unspecified atom stereocenters. The van der Waals surface area contributed by atoms with E-state index in [9.17, 15) is 4.79 Å². The van der Waals surface area contributed by atoms with Gasteiger partial charge in [-0.2, -0.15) is 11.8 Å². The van der Waals surface area contributed by atoms with Crippen molar-refractivity contribution in [1.29, 1.82) is 0 Å². The van der Waals surface area contributed by atoms with E-state index in [0.29, 0.717) is 6.61 Å². The van der Waals surface area contributed by atoms with Crippen molar-refractivity contribution in [2.45, 2.75) is 12.2 Å². The zero-order chi connectivity index (χ0) is 12.1. The van der Waals surface area contributed by atoms with Crippen LogP contribution >= 0.6 is 23.5 Å². The van der Waals surface area contributed by atoms with Gasteiger partial charge in [0, 0.05) is 22.8 Å². The van der Waals surface area contributed by atoms with Crippen molar-refractivity contribution in [3.8, 4) is 5.75 Å². The van der Waals surface area contributed by atoms with Gasteiger partial charge >= 0.3 is 0 Å². The highest BCUT2D eigenvalue weighted by Crippen LogP contribution is 2.27. The smallest absolute Gasteiger partial charge is 0.176 e. The Balaban J connectivity index is 2.03. The number of ether oxygens (including phenoxy) is 1. The van der Waals surface area contributed by atoms with Crippen LogP contribution in [0.2, 0.25) is 0 Å². The minimum absolute atomic E-state index is 0.131. The predicted molar refractivity (Wildman–Crippen MR) is 75.5 cm³/mol. The highest BCUT2D eigenvalue weighted by atomic mass is 32.2. The molecule has 0 amide bonds. The molecule has 1 aliphatic rings. The maximum absolute atomic E-state index is 12.2. The Morgan fingerprint density at radius 2 is 2.12 bits per heavy atom. The van der Waals surface area contributed by atoms with E-state index in [4.69, 9.17) is 4.74 Å². The van der Waals surface area contributed by atoms with Gasteiger partial charge in [-0.05, 0) is 31.2 Å². The maximum Gasteiger partial charge on any atom is 0.176 e. The first-order valence-corrected chi connectivity index (χ1v) is 7.98. The van der Waals surface area contributed by atoms with Gasteiger partial charge in [-0.25, -0.2) is 0 Å². The van der Waals surface area contributed by atoms with Crippen molar-refractivity contribution in [3.05, 3.63) is 29.8 Å². The molecule has 1 fully saturated rings. The van der Waals surface area contributed by atoms with Crippen LogP contribution in [-0.2, 0) is 0 Å². The second-order valence-electron chi connectivity index (χ2n) is 3.76. The van der Waals surface area contributed by atoms with Crippen LogP contribution in [0.3, 0.4) is 0 Å². The number of rotatable bonds is 4. The molecule has 2 rings (SSSR count). The van der Waals surface area contributed by atoms with E-state index in [1.165, 1.54) is 0 Å². The van der Waals surface area contributed by atoms with Gasteiger partial charge in [-0.1, -0.05) is 0 Å². The van der Waals surface area contributed by atoms with Gasteiger partial charge in [0.25, 0.3) is 0 Å². The number of Topliss-reactive ketones (excluding diaryl/α,β-unsaturated/α-hetero) is 1. The minimum atomic E-state index is 0.131. The molecule has 92 valence electrons. The highest BCUT2D eigenvalue weighted by molar-refractivity contribution is 8.07. The molecular formula is C13H16O2S2. The largest absolute Gasteiger partial charge is 0.494 e. The Morgan fingerprint density at radius 3 is 2.71 bits per heavy atom. The monoisotopic (exact) mass is 268 g/mol. The molecule has 0 spiro atoms. The molecule has 2 nitrogen and oxygen atoms in total. The Hall–Kier alpha value is -0.610. The van der Waals surface area contributed by atoms with Gasteiger partial charge in [0.05, 0.1) is 11.9 Å². The van der Waals surface area contributed by atoms with Crippen LogP contribution < -0.4 is 4.74 Å². The molecule has 0 bridgehead atoms. The van der Waals surface area contributed by atoms with Crippen LogP contribution in [0.15, 0.2) is 24.3 Å². The summed E-state index contributed by atoms with van der Waals surface area (Å²) in [6, 6.07) is 7.48. The van der Waals surface area contributed by atoms with Gasteiger partial charge in [0.15, 0.2) is 5.78 Å². The molecule has 1 aromatic rings. The topological polar surface area (TPSA) is 26.3 Å². The molecule has 1 atom stereocenters. The van der Waals surface area contributed by atoms with Crippen LogP contribution in [0, 0.1) is 0 Å². The third-order valence-corrected chi connectivity index (χ3v) is 5.31. The zero-order valence-electron chi connectivity index (χ0n) is 9.85. The number of hydrogen-bond acceptors (Lipinski definition) is 4. The lowest BCUT2D eigenvalue weighted by molar-refractivity contribution is 0.0995. The number of hydrogen-bond donors (Lipinski definition) is 0. The average Bonchev–Trinajstić information content (AvgIpc) is 2.40. The summed E-state index contributed by atoms with van der Waals surface area (Å²) in [5, 5.41) is 0.131. The molecule has 0 radical (unpaired) electrons. The maximum atomic E-state index is 12.2. The minimum Gasteiger partial charge on any atom is -0.494 e. The van der Waals surface area contributed by atoms with Crippen molar-refractivity contribution in [1.82, 2.24) is 0 Å². The quantitative estimate of drug-likeness (QED) is 0.784. The number of carbonyl (C=O) groups excluding carboxylic acids is 1. The molecule has 17 heavy (non-hydrogen) atoms. The third kappa shape index (κ3) is 3.42. The summed E-state index contributed by atoms with van der Waals surface area (Å²) in [6.45, 7) is 2.61. The van der Waals surface area contributed by atoms with E-state index in [1.807, 2.05) is 43.0 Å². The first-order chi connectivity index (χ1) is 8.31. The first kappa shape index (κ1) is 12.8. The van der Waals surface area contributed by atoms with E-state index < -0.39 is 0 Å². The number of ketones is 1. The molecule has 0 saturated carbocycles. The zero-order valence-corrected chi connectivity index (χ0v) is 11.5. The summed E-state index contributed by atoms with van der Waals surface area (Å²) < 4.78 is 5.37. The fourth-order valence-corrected chi connectivity index (χ4v) is 4.34. The summed E-state index contributed by atoms with van der Waals surface area (Å²) in [5.41, 5.74) is 0.799. The highest BCUT2D eigenvalue weighted by Gasteiger charge is 2.23. The molecule has 0 aromatic heterocycles. The lowest BCUT2D eigenvalue weighted by Crippen LogP contribution is -2.24. The summed E-state index contributed by atoms with van der Waals surface area (Å²) in [5.74, 6) is 4.27. The molecule has 0 N–H and O–H groups in total. The van der Waals surface area contributed by atoms with Crippen molar-refractivity contribution in [2.75, 3.05) is 23.9 Å². The van der Waals surface area contributed by atoms with Gasteiger partial charge < -0.3 is 4.74 Å². The number of thioether (sulfide) groups is 2. The van der Waals surface area contributed by atoms with Crippen LogP contribution in [0.25, 0.3) is 0 Å². The van der Waals surface area contributed by atoms with Gasteiger partial charge in [0.2, 0.25) is 0 Å². The summed E-state index contributed by atoms with van der Waals surface area (Å²) >= 11 is 3.65. The van der Waals surface area contributed by atoms with Gasteiger partial charge in [0.1, 0.15) is 5.75 Å². The second kappa shape index (κ2) is 6.36. The number of benzene rings is 1. The third-order valence-electron chi connectivity index (χ3n) is 2.56. The van der Waals surface area contributed by atoms with E-state index in [1.54, 1.807) is 11.8 Å². The van der Waals surface area contributed by atoms with E-state index in [2.05, 4.69) is 0 Å². The summed E-state index contributed by atoms with van der Waals surface area (Å²) in [6.07, 6.45) is 0. The van der Waals surface area contributed by atoms with Crippen LogP contribution in [0.1, 0.15) is 17.3 Å². The predicted octanol–water partition coefficient (Wildman–Crippen LogP) is 3.12. The summed E-state index contributed by atoms with van der Waals surface area (Å²) in [4.78, 5) is 12.2. The first-order valence-electron chi connectivity index (χ1n) is 5.77. The fourth-order valence-electron chi connectivity index (χ4n) is 1.71. The van der Waals surface area contributed by atoms with Crippen molar-refractivity contribution in [2.24, 2.45) is 0 Å². The van der Waals surface area contributed by atoms with Crippen LogP contribution in [0.4, 0.5) is 0 Å². The van der Waals surface area contributed by atoms with Crippen LogP contribution in [-0.4, -0.2) is 34.9 Å². The number of carbonyl (C=O) groups is 1. The molecule has 1 saturated heterocycles. The average molecular weight is 268 g/mol. The van der Waals surface area contributed by atoms with Gasteiger partial charge in [-0.3, -0.25) is 4.79 Å².